The van der Waals surface area contributed by atoms with Gasteiger partial charge < -0.3 is 14.8 Å². The number of amides is 1. The average Bonchev–Trinajstić information content (AvgIpc) is 2.39. The predicted molar refractivity (Wildman–Crippen MR) is 66.2 cm³/mol. The van der Waals surface area contributed by atoms with Crippen LogP contribution in [0.25, 0.3) is 0 Å². The van der Waals surface area contributed by atoms with E-state index < -0.39 is 11.8 Å². The molecular formula is C13H16FNO4. The summed E-state index contributed by atoms with van der Waals surface area (Å²) < 4.78 is 22.9. The molecule has 1 amide bonds. The zero-order chi connectivity index (χ0) is 14.1. The molecule has 0 saturated carbocycles. The van der Waals surface area contributed by atoms with Crippen molar-refractivity contribution in [1.29, 1.82) is 0 Å². The van der Waals surface area contributed by atoms with E-state index in [1.54, 1.807) is 19.1 Å². The first kappa shape index (κ1) is 14.9. The maximum Gasteiger partial charge on any atom is 0.325 e. The molecule has 0 radical (unpaired) electrons. The van der Waals surface area contributed by atoms with Crippen LogP contribution in [-0.2, 0) is 14.3 Å². The topological polar surface area (TPSA) is 64.6 Å². The summed E-state index contributed by atoms with van der Waals surface area (Å²) in [6.07, 6.45) is 0.0355. The second-order valence-electron chi connectivity index (χ2n) is 3.61. The highest BCUT2D eigenvalue weighted by atomic mass is 19.1. The van der Waals surface area contributed by atoms with Gasteiger partial charge in [0.05, 0.1) is 19.6 Å². The van der Waals surface area contributed by atoms with Crippen molar-refractivity contribution in [2.24, 2.45) is 0 Å². The quantitative estimate of drug-likeness (QED) is 0.757. The standard InChI is InChI=1S/C13H16FNO4/c1-2-18-13(17)9-15-12(16)7-8-19-11-6-4-3-5-10(11)14/h3-6H,2,7-9H2,1H3,(H,15,16). The Morgan fingerprint density at radius 3 is 2.74 bits per heavy atom. The Bertz CT molecular complexity index is 436. The van der Waals surface area contributed by atoms with Crippen molar-refractivity contribution < 1.29 is 23.5 Å². The van der Waals surface area contributed by atoms with Crippen molar-refractivity contribution in [1.82, 2.24) is 5.32 Å². The van der Waals surface area contributed by atoms with Gasteiger partial charge in [-0.3, -0.25) is 9.59 Å². The Morgan fingerprint density at radius 1 is 1.32 bits per heavy atom. The highest BCUT2D eigenvalue weighted by Gasteiger charge is 2.07. The second-order valence-corrected chi connectivity index (χ2v) is 3.61. The van der Waals surface area contributed by atoms with E-state index >= 15 is 0 Å². The number of nitrogens with one attached hydrogen (secondary N) is 1. The van der Waals surface area contributed by atoms with Crippen molar-refractivity contribution in [2.75, 3.05) is 19.8 Å². The van der Waals surface area contributed by atoms with Crippen LogP contribution in [0.4, 0.5) is 4.39 Å². The van der Waals surface area contributed by atoms with E-state index in [0.29, 0.717) is 0 Å². The monoisotopic (exact) mass is 269 g/mol. The Morgan fingerprint density at radius 2 is 2.05 bits per heavy atom. The number of carbonyl (C=O) groups is 2. The predicted octanol–water partition coefficient (Wildman–Crippen LogP) is 1.27. The van der Waals surface area contributed by atoms with Gasteiger partial charge >= 0.3 is 5.97 Å². The molecule has 0 aliphatic carbocycles. The van der Waals surface area contributed by atoms with Crippen LogP contribution < -0.4 is 10.1 Å². The van der Waals surface area contributed by atoms with Gasteiger partial charge in [0.1, 0.15) is 6.54 Å². The van der Waals surface area contributed by atoms with E-state index in [4.69, 9.17) is 4.74 Å². The number of ether oxygens (including phenoxy) is 2. The minimum absolute atomic E-state index is 0.0355. The van der Waals surface area contributed by atoms with Crippen LogP contribution in [0.15, 0.2) is 24.3 Å². The zero-order valence-electron chi connectivity index (χ0n) is 10.6. The highest BCUT2D eigenvalue weighted by Crippen LogP contribution is 2.15. The van der Waals surface area contributed by atoms with Crippen LogP contribution in [0.3, 0.4) is 0 Å². The van der Waals surface area contributed by atoms with E-state index in [1.165, 1.54) is 12.1 Å². The van der Waals surface area contributed by atoms with Gasteiger partial charge in [0.15, 0.2) is 11.6 Å². The number of halogens is 1. The number of benzene rings is 1. The smallest absolute Gasteiger partial charge is 0.325 e. The van der Waals surface area contributed by atoms with Crippen molar-refractivity contribution in [3.8, 4) is 5.75 Å². The van der Waals surface area contributed by atoms with Gasteiger partial charge in [0.2, 0.25) is 5.91 Å². The Balaban J connectivity index is 2.21. The van der Waals surface area contributed by atoms with E-state index in [-0.39, 0.29) is 37.8 Å². The molecule has 19 heavy (non-hydrogen) atoms. The van der Waals surface area contributed by atoms with E-state index in [2.05, 4.69) is 10.1 Å². The maximum atomic E-state index is 13.2. The molecule has 0 aliphatic rings. The number of para-hydroxylation sites is 1. The van der Waals surface area contributed by atoms with Crippen molar-refractivity contribution >= 4 is 11.9 Å². The molecule has 1 aromatic carbocycles. The summed E-state index contributed by atoms with van der Waals surface area (Å²) in [5.41, 5.74) is 0. The minimum Gasteiger partial charge on any atom is -0.490 e. The lowest BCUT2D eigenvalue weighted by atomic mass is 10.3. The molecule has 1 rings (SSSR count). The van der Waals surface area contributed by atoms with Crippen molar-refractivity contribution in [3.05, 3.63) is 30.1 Å². The molecule has 0 bridgehead atoms. The third-order valence-corrected chi connectivity index (χ3v) is 2.16. The first-order chi connectivity index (χ1) is 9.13. The van der Waals surface area contributed by atoms with Gasteiger partial charge in [-0.15, -0.1) is 0 Å². The number of hydrogen-bond acceptors (Lipinski definition) is 4. The summed E-state index contributed by atoms with van der Waals surface area (Å²) >= 11 is 0. The molecule has 0 fully saturated rings. The van der Waals surface area contributed by atoms with Crippen LogP contribution >= 0.6 is 0 Å². The molecule has 0 heterocycles. The number of carbonyl (C=O) groups excluding carboxylic acids is 2. The van der Waals surface area contributed by atoms with E-state index in [9.17, 15) is 14.0 Å². The highest BCUT2D eigenvalue weighted by molar-refractivity contribution is 5.81. The third kappa shape index (κ3) is 5.85. The Kier molecular flexibility index (Phi) is 6.35. The Labute approximate surface area is 110 Å². The van der Waals surface area contributed by atoms with Crippen LogP contribution in [0.2, 0.25) is 0 Å². The summed E-state index contributed by atoms with van der Waals surface area (Å²) in [4.78, 5) is 22.3. The van der Waals surface area contributed by atoms with Gasteiger partial charge in [-0.1, -0.05) is 12.1 Å². The number of hydrogen-bond donors (Lipinski definition) is 1. The lowest BCUT2D eigenvalue weighted by molar-refractivity contribution is -0.143. The summed E-state index contributed by atoms with van der Waals surface area (Å²) in [7, 11) is 0. The third-order valence-electron chi connectivity index (χ3n) is 2.16. The normalized spacial score (nSPS) is 9.79. The summed E-state index contributed by atoms with van der Waals surface area (Å²) in [5.74, 6) is -1.23. The zero-order valence-corrected chi connectivity index (χ0v) is 10.6. The van der Waals surface area contributed by atoms with Crippen LogP contribution in [0.5, 0.6) is 5.75 Å². The van der Waals surface area contributed by atoms with Gasteiger partial charge in [-0.25, -0.2) is 4.39 Å². The minimum atomic E-state index is -0.495. The summed E-state index contributed by atoms with van der Waals surface area (Å²) in [6.45, 7) is 1.81. The molecule has 104 valence electrons. The molecule has 0 spiro atoms. The van der Waals surface area contributed by atoms with Crippen LogP contribution in [0, 0.1) is 5.82 Å². The SMILES string of the molecule is CCOC(=O)CNC(=O)CCOc1ccccc1F. The van der Waals surface area contributed by atoms with Crippen molar-refractivity contribution in [3.63, 3.8) is 0 Å². The molecule has 1 aromatic rings. The lowest BCUT2D eigenvalue weighted by Crippen LogP contribution is -2.31. The molecule has 6 heteroatoms. The van der Waals surface area contributed by atoms with Gasteiger partial charge in [-0.2, -0.15) is 0 Å². The summed E-state index contributed by atoms with van der Waals surface area (Å²) in [6, 6.07) is 5.94. The fourth-order valence-corrected chi connectivity index (χ4v) is 1.29. The molecular weight excluding hydrogens is 253 g/mol. The second kappa shape index (κ2) is 8.07. The van der Waals surface area contributed by atoms with Crippen molar-refractivity contribution in [2.45, 2.75) is 13.3 Å². The number of rotatable bonds is 7. The molecule has 0 atom stereocenters. The average molecular weight is 269 g/mol. The lowest BCUT2D eigenvalue weighted by Gasteiger charge is -2.07. The molecule has 5 nitrogen and oxygen atoms in total. The Hall–Kier alpha value is -2.11. The first-order valence-corrected chi connectivity index (χ1v) is 5.93. The van der Waals surface area contributed by atoms with Crippen LogP contribution in [0.1, 0.15) is 13.3 Å². The van der Waals surface area contributed by atoms with Gasteiger partial charge in [-0.05, 0) is 19.1 Å². The van der Waals surface area contributed by atoms with Gasteiger partial charge in [0, 0.05) is 0 Å². The molecule has 0 aliphatic heterocycles. The molecule has 1 N–H and O–H groups in total. The fraction of sp³-hybridized carbons (Fsp3) is 0.385. The summed E-state index contributed by atoms with van der Waals surface area (Å²) in [5, 5.41) is 2.38. The molecule has 0 aromatic heterocycles. The fourth-order valence-electron chi connectivity index (χ4n) is 1.29. The molecule has 0 saturated heterocycles. The van der Waals surface area contributed by atoms with Crippen LogP contribution in [-0.4, -0.2) is 31.6 Å². The van der Waals surface area contributed by atoms with Gasteiger partial charge in [0.25, 0.3) is 0 Å². The largest absolute Gasteiger partial charge is 0.490 e. The van der Waals surface area contributed by atoms with E-state index in [0.717, 1.165) is 0 Å². The number of esters is 1. The maximum absolute atomic E-state index is 13.2. The van der Waals surface area contributed by atoms with E-state index in [1.807, 2.05) is 0 Å². The molecule has 0 unspecified atom stereocenters. The first-order valence-electron chi connectivity index (χ1n) is 5.93.